The van der Waals surface area contributed by atoms with E-state index in [2.05, 4.69) is 36.4 Å². The van der Waals surface area contributed by atoms with Crippen LogP contribution in [0.3, 0.4) is 0 Å². The summed E-state index contributed by atoms with van der Waals surface area (Å²) in [7, 11) is 0. The van der Waals surface area contributed by atoms with Crippen LogP contribution in [0, 0.1) is 5.92 Å². The molecule has 0 amide bonds. The highest BCUT2D eigenvalue weighted by molar-refractivity contribution is 6.02. The normalized spacial score (nSPS) is 24.1. The van der Waals surface area contributed by atoms with Crippen molar-refractivity contribution in [1.82, 2.24) is 0 Å². The molecule has 0 aromatic heterocycles. The Labute approximate surface area is 112 Å². The number of fused-ring (bicyclic) bond motifs is 3. The van der Waals surface area contributed by atoms with Crippen LogP contribution in [0.5, 0.6) is 5.75 Å². The van der Waals surface area contributed by atoms with Crippen molar-refractivity contribution in [3.63, 3.8) is 0 Å². The Morgan fingerprint density at radius 3 is 2.63 bits per heavy atom. The summed E-state index contributed by atoms with van der Waals surface area (Å²) in [5.41, 5.74) is 3.70. The molecule has 0 spiro atoms. The molecule has 0 bridgehead atoms. The summed E-state index contributed by atoms with van der Waals surface area (Å²) >= 11 is 0. The molecule has 0 N–H and O–H groups in total. The zero-order valence-corrected chi connectivity index (χ0v) is 10.6. The first-order valence-corrected chi connectivity index (χ1v) is 6.75. The van der Waals surface area contributed by atoms with Gasteiger partial charge in [0.2, 0.25) is 0 Å². The summed E-state index contributed by atoms with van der Waals surface area (Å²) in [4.78, 5) is 4.96. The Hall–Kier alpha value is -2.09. The highest BCUT2D eigenvalue weighted by Crippen LogP contribution is 2.43. The zero-order chi connectivity index (χ0) is 12.7. The van der Waals surface area contributed by atoms with E-state index in [1.807, 2.05) is 18.2 Å². The quantitative estimate of drug-likeness (QED) is 0.756. The lowest BCUT2D eigenvalue weighted by Crippen LogP contribution is -2.22. The molecule has 2 heterocycles. The molecule has 0 saturated heterocycles. The average Bonchev–Trinajstić information content (AvgIpc) is 2.93. The molecule has 2 atom stereocenters. The maximum absolute atomic E-state index is 5.85. The van der Waals surface area contributed by atoms with Crippen molar-refractivity contribution < 1.29 is 4.74 Å². The topological polar surface area (TPSA) is 21.6 Å². The lowest BCUT2D eigenvalue weighted by Gasteiger charge is -2.26. The van der Waals surface area contributed by atoms with E-state index in [9.17, 15) is 0 Å². The fourth-order valence-corrected chi connectivity index (χ4v) is 3.04. The first kappa shape index (κ1) is 10.8. The molecular formula is C17H15NO. The number of hydrogen-bond donors (Lipinski definition) is 0. The molecule has 2 aliphatic rings. The van der Waals surface area contributed by atoms with Gasteiger partial charge >= 0.3 is 0 Å². The van der Waals surface area contributed by atoms with E-state index in [-0.39, 0.29) is 6.04 Å². The Balaban J connectivity index is 1.74. The molecule has 0 unspecified atom stereocenters. The second-order valence-corrected chi connectivity index (χ2v) is 5.20. The van der Waals surface area contributed by atoms with E-state index in [1.165, 1.54) is 16.8 Å². The fourth-order valence-electron chi connectivity index (χ4n) is 3.04. The Morgan fingerprint density at radius 1 is 0.947 bits per heavy atom. The van der Waals surface area contributed by atoms with E-state index in [0.717, 1.165) is 18.8 Å². The second kappa shape index (κ2) is 4.23. The molecule has 0 fully saturated rings. The first-order valence-electron chi connectivity index (χ1n) is 6.75. The van der Waals surface area contributed by atoms with Crippen molar-refractivity contribution in [2.24, 2.45) is 10.9 Å². The Bertz CT molecular complexity index is 633. The second-order valence-electron chi connectivity index (χ2n) is 5.20. The van der Waals surface area contributed by atoms with Gasteiger partial charge < -0.3 is 4.74 Å². The summed E-state index contributed by atoms with van der Waals surface area (Å²) in [5.74, 6) is 1.49. The first-order chi connectivity index (χ1) is 9.42. The molecule has 0 aliphatic carbocycles. The van der Waals surface area contributed by atoms with Gasteiger partial charge in [0, 0.05) is 17.2 Å². The third-order valence-corrected chi connectivity index (χ3v) is 3.99. The minimum absolute atomic E-state index is 0.278. The molecular weight excluding hydrogens is 234 g/mol. The van der Waals surface area contributed by atoms with Crippen LogP contribution < -0.4 is 4.74 Å². The van der Waals surface area contributed by atoms with Gasteiger partial charge in [0.15, 0.2) is 0 Å². The minimum atomic E-state index is 0.278. The monoisotopic (exact) mass is 249 g/mol. The molecule has 2 aliphatic heterocycles. The molecule has 19 heavy (non-hydrogen) atoms. The van der Waals surface area contributed by atoms with Crippen molar-refractivity contribution in [3.8, 4) is 5.75 Å². The van der Waals surface area contributed by atoms with Crippen LogP contribution in [0.1, 0.15) is 23.6 Å². The van der Waals surface area contributed by atoms with E-state index >= 15 is 0 Å². The van der Waals surface area contributed by atoms with Gasteiger partial charge in [-0.1, -0.05) is 48.5 Å². The smallest absolute Gasteiger partial charge is 0.124 e. The van der Waals surface area contributed by atoms with Gasteiger partial charge in [-0.15, -0.1) is 0 Å². The van der Waals surface area contributed by atoms with Crippen molar-refractivity contribution in [2.75, 3.05) is 6.61 Å². The summed E-state index contributed by atoms with van der Waals surface area (Å²) in [6.07, 6.45) is 1.02. The SMILES string of the molecule is c1ccc(C2=N[C@@H]3c4ccccc4OC[C@@H]3C2)cc1. The van der Waals surface area contributed by atoms with E-state index in [1.54, 1.807) is 0 Å². The number of ether oxygens (including phenoxy) is 1. The van der Waals surface area contributed by atoms with Crippen LogP contribution in [0.15, 0.2) is 59.6 Å². The summed E-state index contributed by atoms with van der Waals surface area (Å²) in [5, 5.41) is 0. The third-order valence-electron chi connectivity index (χ3n) is 3.99. The van der Waals surface area contributed by atoms with Crippen molar-refractivity contribution in [2.45, 2.75) is 12.5 Å². The Morgan fingerprint density at radius 2 is 1.74 bits per heavy atom. The largest absolute Gasteiger partial charge is 0.493 e. The maximum atomic E-state index is 5.85. The predicted octanol–water partition coefficient (Wildman–Crippen LogP) is 3.63. The highest BCUT2D eigenvalue weighted by Gasteiger charge is 2.36. The van der Waals surface area contributed by atoms with Gasteiger partial charge in [-0.05, 0) is 18.1 Å². The zero-order valence-electron chi connectivity index (χ0n) is 10.6. The van der Waals surface area contributed by atoms with Gasteiger partial charge in [0.25, 0.3) is 0 Å². The minimum Gasteiger partial charge on any atom is -0.493 e. The van der Waals surface area contributed by atoms with E-state index in [4.69, 9.17) is 9.73 Å². The van der Waals surface area contributed by atoms with Gasteiger partial charge in [-0.3, -0.25) is 4.99 Å². The summed E-state index contributed by atoms with van der Waals surface area (Å²) < 4.78 is 5.85. The standard InChI is InChI=1S/C17H15NO/c1-2-6-12(7-3-1)15-10-13-11-19-16-9-5-4-8-14(16)17(13)18-15/h1-9,13,17H,10-11H2/t13-,17-/m0/s1. The number of benzene rings is 2. The van der Waals surface area contributed by atoms with Crippen LogP contribution in [-0.2, 0) is 0 Å². The number of hydrogen-bond acceptors (Lipinski definition) is 2. The van der Waals surface area contributed by atoms with Gasteiger partial charge in [0.1, 0.15) is 5.75 Å². The molecule has 2 nitrogen and oxygen atoms in total. The Kier molecular flexibility index (Phi) is 2.41. The molecule has 0 radical (unpaired) electrons. The number of rotatable bonds is 1. The van der Waals surface area contributed by atoms with Crippen LogP contribution in [0.4, 0.5) is 0 Å². The molecule has 4 rings (SSSR count). The van der Waals surface area contributed by atoms with Crippen LogP contribution in [0.2, 0.25) is 0 Å². The van der Waals surface area contributed by atoms with Crippen molar-refractivity contribution in [3.05, 3.63) is 65.7 Å². The third kappa shape index (κ3) is 1.75. The van der Waals surface area contributed by atoms with Gasteiger partial charge in [-0.2, -0.15) is 0 Å². The number of para-hydroxylation sites is 1. The fraction of sp³-hybridized carbons (Fsp3) is 0.235. The summed E-state index contributed by atoms with van der Waals surface area (Å²) in [6.45, 7) is 0.779. The molecule has 2 heteroatoms. The number of nitrogens with zero attached hydrogens (tertiary/aromatic N) is 1. The van der Waals surface area contributed by atoms with E-state index < -0.39 is 0 Å². The van der Waals surface area contributed by atoms with E-state index in [0.29, 0.717) is 5.92 Å². The van der Waals surface area contributed by atoms with Gasteiger partial charge in [-0.25, -0.2) is 0 Å². The van der Waals surface area contributed by atoms with Crippen LogP contribution in [-0.4, -0.2) is 12.3 Å². The maximum Gasteiger partial charge on any atom is 0.124 e. The van der Waals surface area contributed by atoms with Crippen LogP contribution in [0.25, 0.3) is 0 Å². The molecule has 2 aromatic rings. The number of aliphatic imine (C=N–C) groups is 1. The average molecular weight is 249 g/mol. The molecule has 0 saturated carbocycles. The molecule has 2 aromatic carbocycles. The predicted molar refractivity (Wildman–Crippen MR) is 75.8 cm³/mol. The lowest BCUT2D eigenvalue weighted by atomic mass is 9.90. The summed E-state index contributed by atoms with van der Waals surface area (Å²) in [6, 6.07) is 19.0. The van der Waals surface area contributed by atoms with Gasteiger partial charge in [0.05, 0.1) is 12.6 Å². The van der Waals surface area contributed by atoms with Crippen molar-refractivity contribution in [1.29, 1.82) is 0 Å². The van der Waals surface area contributed by atoms with Crippen molar-refractivity contribution >= 4 is 5.71 Å². The highest BCUT2D eigenvalue weighted by atomic mass is 16.5. The molecule has 94 valence electrons. The lowest BCUT2D eigenvalue weighted by molar-refractivity contribution is 0.208. The van der Waals surface area contributed by atoms with Crippen LogP contribution >= 0.6 is 0 Å².